The van der Waals surface area contributed by atoms with Crippen LogP contribution >= 0.6 is 0 Å². The van der Waals surface area contributed by atoms with Crippen molar-refractivity contribution in [2.75, 3.05) is 0 Å². The highest BCUT2D eigenvalue weighted by molar-refractivity contribution is 5.73. The minimum Gasteiger partial charge on any atom is -0.298 e. The largest absolute Gasteiger partial charge is 0.312 e. The first-order chi connectivity index (χ1) is 7.72. The van der Waals surface area contributed by atoms with Crippen molar-refractivity contribution in [3.05, 3.63) is 46.5 Å². The van der Waals surface area contributed by atoms with Crippen molar-refractivity contribution in [1.29, 1.82) is 0 Å². The molecule has 2 aromatic rings. The second-order valence-corrected chi connectivity index (χ2v) is 2.96. The van der Waals surface area contributed by atoms with Crippen molar-refractivity contribution in [3.8, 4) is 5.69 Å². The van der Waals surface area contributed by atoms with E-state index in [-0.39, 0.29) is 11.4 Å². The Labute approximate surface area is 89.5 Å². The molecule has 80 valence electrons. The Bertz CT molecular complexity index is 549. The lowest BCUT2D eigenvalue weighted by molar-refractivity contribution is -0.385. The van der Waals surface area contributed by atoms with Crippen LogP contribution in [0.3, 0.4) is 0 Å². The van der Waals surface area contributed by atoms with Crippen molar-refractivity contribution in [3.63, 3.8) is 0 Å². The molecule has 16 heavy (non-hydrogen) atoms. The Hall–Kier alpha value is -2.57. The summed E-state index contributed by atoms with van der Waals surface area (Å²) in [6.45, 7) is 0. The molecule has 0 bridgehead atoms. The minimum atomic E-state index is -0.551. The predicted molar refractivity (Wildman–Crippen MR) is 53.4 cm³/mol. The van der Waals surface area contributed by atoms with E-state index in [1.165, 1.54) is 29.3 Å². The molecular weight excluding hydrogens is 212 g/mol. The third-order valence-electron chi connectivity index (χ3n) is 1.96. The van der Waals surface area contributed by atoms with Gasteiger partial charge in [0.15, 0.2) is 6.29 Å². The Kier molecular flexibility index (Phi) is 2.42. The summed E-state index contributed by atoms with van der Waals surface area (Å²) in [5.74, 6) is 0. The van der Waals surface area contributed by atoms with Crippen LogP contribution in [0.2, 0.25) is 0 Å². The summed E-state index contributed by atoms with van der Waals surface area (Å²) in [5, 5.41) is 14.6. The van der Waals surface area contributed by atoms with Crippen LogP contribution < -0.4 is 0 Å². The smallest absolute Gasteiger partial charge is 0.298 e. The van der Waals surface area contributed by atoms with Gasteiger partial charge in [-0.25, -0.2) is 4.68 Å². The molecular formula is C9H6N4O3. The molecule has 0 aromatic carbocycles. The van der Waals surface area contributed by atoms with E-state index in [9.17, 15) is 14.9 Å². The highest BCUT2D eigenvalue weighted by atomic mass is 16.6. The van der Waals surface area contributed by atoms with Gasteiger partial charge < -0.3 is 0 Å². The molecule has 0 N–H and O–H groups in total. The van der Waals surface area contributed by atoms with Gasteiger partial charge in [-0.15, -0.1) is 0 Å². The zero-order valence-electron chi connectivity index (χ0n) is 7.98. The molecule has 0 spiro atoms. The number of hydrogen-bond acceptors (Lipinski definition) is 5. The molecule has 2 heterocycles. The highest BCUT2D eigenvalue weighted by Gasteiger charge is 2.15. The highest BCUT2D eigenvalue weighted by Crippen LogP contribution is 2.20. The molecule has 0 fully saturated rings. The first kappa shape index (κ1) is 9.97. The van der Waals surface area contributed by atoms with Crippen LogP contribution in [0.15, 0.2) is 30.9 Å². The SMILES string of the molecule is O=Cc1cnn(-c2ccncc2[N+](=O)[O-])c1. The molecule has 2 aromatic heterocycles. The number of rotatable bonds is 3. The van der Waals surface area contributed by atoms with Gasteiger partial charge in [-0.3, -0.25) is 19.9 Å². The van der Waals surface area contributed by atoms with E-state index in [1.54, 1.807) is 0 Å². The van der Waals surface area contributed by atoms with Gasteiger partial charge in [0.1, 0.15) is 11.9 Å². The van der Waals surface area contributed by atoms with Crippen LogP contribution in [0.25, 0.3) is 5.69 Å². The van der Waals surface area contributed by atoms with Gasteiger partial charge in [0, 0.05) is 12.4 Å². The molecule has 0 saturated heterocycles. The van der Waals surface area contributed by atoms with Crippen LogP contribution in [0.1, 0.15) is 10.4 Å². The van der Waals surface area contributed by atoms with Gasteiger partial charge >= 0.3 is 5.69 Å². The van der Waals surface area contributed by atoms with Crippen LogP contribution in [0.5, 0.6) is 0 Å². The summed E-state index contributed by atoms with van der Waals surface area (Å²) in [7, 11) is 0. The van der Waals surface area contributed by atoms with E-state index in [0.29, 0.717) is 11.8 Å². The average molecular weight is 218 g/mol. The van der Waals surface area contributed by atoms with Crippen LogP contribution in [-0.2, 0) is 0 Å². The summed E-state index contributed by atoms with van der Waals surface area (Å²) in [4.78, 5) is 24.3. The second kappa shape index (κ2) is 3.89. The number of nitrogens with zero attached hydrogens (tertiary/aromatic N) is 4. The number of pyridine rings is 1. The average Bonchev–Trinajstić information content (AvgIpc) is 2.77. The van der Waals surface area contributed by atoms with Crippen LogP contribution in [0.4, 0.5) is 5.69 Å². The number of carbonyl (C=O) groups is 1. The van der Waals surface area contributed by atoms with E-state index in [4.69, 9.17) is 0 Å². The van der Waals surface area contributed by atoms with E-state index < -0.39 is 4.92 Å². The fourth-order valence-corrected chi connectivity index (χ4v) is 1.24. The molecule has 0 atom stereocenters. The fourth-order valence-electron chi connectivity index (χ4n) is 1.24. The number of hydrogen-bond donors (Lipinski definition) is 0. The molecule has 0 aliphatic rings. The molecule has 0 unspecified atom stereocenters. The second-order valence-electron chi connectivity index (χ2n) is 2.96. The van der Waals surface area contributed by atoms with E-state index in [1.807, 2.05) is 0 Å². The van der Waals surface area contributed by atoms with E-state index >= 15 is 0 Å². The van der Waals surface area contributed by atoms with E-state index in [2.05, 4.69) is 10.1 Å². The Morgan fingerprint density at radius 1 is 1.44 bits per heavy atom. The minimum absolute atomic E-state index is 0.164. The molecule has 7 heteroatoms. The number of carbonyl (C=O) groups excluding carboxylic acids is 1. The Morgan fingerprint density at radius 2 is 2.25 bits per heavy atom. The third kappa shape index (κ3) is 1.65. The van der Waals surface area contributed by atoms with Crippen LogP contribution in [0, 0.1) is 10.1 Å². The van der Waals surface area contributed by atoms with Crippen molar-refractivity contribution in [2.24, 2.45) is 0 Å². The molecule has 7 nitrogen and oxygen atoms in total. The van der Waals surface area contributed by atoms with Crippen molar-refractivity contribution in [2.45, 2.75) is 0 Å². The van der Waals surface area contributed by atoms with Crippen LogP contribution in [-0.4, -0.2) is 26.0 Å². The zero-order chi connectivity index (χ0) is 11.5. The maximum absolute atomic E-state index is 10.7. The van der Waals surface area contributed by atoms with Crippen molar-refractivity contribution in [1.82, 2.24) is 14.8 Å². The lowest BCUT2D eigenvalue weighted by atomic mass is 10.3. The van der Waals surface area contributed by atoms with Gasteiger partial charge in [0.05, 0.1) is 16.7 Å². The molecule has 0 amide bonds. The third-order valence-corrected chi connectivity index (χ3v) is 1.96. The first-order valence-corrected chi connectivity index (χ1v) is 4.31. The topological polar surface area (TPSA) is 90.9 Å². The molecule has 0 radical (unpaired) electrons. The summed E-state index contributed by atoms with van der Waals surface area (Å²) in [6.07, 6.45) is 5.92. The molecule has 2 rings (SSSR count). The number of aromatic nitrogens is 3. The number of nitro groups is 1. The number of aldehydes is 1. The summed E-state index contributed by atoms with van der Waals surface area (Å²) in [5.41, 5.74) is 0.460. The van der Waals surface area contributed by atoms with Crippen molar-refractivity contribution >= 4 is 12.0 Å². The molecule has 0 aliphatic heterocycles. The Morgan fingerprint density at radius 3 is 2.88 bits per heavy atom. The predicted octanol–water partition coefficient (Wildman–Crippen LogP) is 0.988. The quantitative estimate of drug-likeness (QED) is 0.435. The van der Waals surface area contributed by atoms with Gasteiger partial charge in [0.25, 0.3) is 0 Å². The van der Waals surface area contributed by atoms with Crippen molar-refractivity contribution < 1.29 is 9.72 Å². The standard InChI is InChI=1S/C9H6N4O3/c14-6-7-3-11-12(5-7)8-1-2-10-4-9(8)13(15)16/h1-6H. The normalized spacial score (nSPS) is 10.0. The summed E-state index contributed by atoms with van der Waals surface area (Å²) in [6, 6.07) is 1.46. The zero-order valence-corrected chi connectivity index (χ0v) is 7.98. The Balaban J connectivity index is 2.54. The van der Waals surface area contributed by atoms with Gasteiger partial charge in [-0.1, -0.05) is 0 Å². The summed E-state index contributed by atoms with van der Waals surface area (Å²) >= 11 is 0. The van der Waals surface area contributed by atoms with Gasteiger partial charge in [-0.2, -0.15) is 5.10 Å². The fraction of sp³-hybridized carbons (Fsp3) is 0. The lowest BCUT2D eigenvalue weighted by Crippen LogP contribution is -2.00. The lowest BCUT2D eigenvalue weighted by Gasteiger charge is -2.00. The molecule has 0 aliphatic carbocycles. The van der Waals surface area contributed by atoms with Gasteiger partial charge in [-0.05, 0) is 6.07 Å². The summed E-state index contributed by atoms with van der Waals surface area (Å²) < 4.78 is 1.27. The van der Waals surface area contributed by atoms with E-state index in [0.717, 1.165) is 6.20 Å². The first-order valence-electron chi connectivity index (χ1n) is 4.31. The van der Waals surface area contributed by atoms with Gasteiger partial charge in [0.2, 0.25) is 0 Å². The molecule has 0 saturated carbocycles. The maximum Gasteiger partial charge on any atom is 0.312 e. The maximum atomic E-state index is 10.7. The monoisotopic (exact) mass is 218 g/mol.